The quantitative estimate of drug-likeness (QED) is 0.181. The van der Waals surface area contributed by atoms with Gasteiger partial charge < -0.3 is 15.0 Å². The molecular formula is C37H43N3O5S. The van der Waals surface area contributed by atoms with Crippen LogP contribution in [0.1, 0.15) is 43.0 Å². The number of ether oxygens (including phenoxy) is 1. The van der Waals surface area contributed by atoms with Crippen molar-refractivity contribution in [1.29, 1.82) is 0 Å². The number of carbonyl (C=O) groups excluding carboxylic acids is 2. The number of carbonyl (C=O) groups is 2. The molecule has 1 N–H and O–H groups in total. The lowest BCUT2D eigenvalue weighted by Gasteiger charge is -2.34. The molecule has 242 valence electrons. The molecule has 1 atom stereocenters. The average molecular weight is 642 g/mol. The number of nitrogens with zero attached hydrogens (tertiary/aromatic N) is 2. The summed E-state index contributed by atoms with van der Waals surface area (Å²) in [6, 6.07) is 29.3. The topological polar surface area (TPSA) is 96.0 Å². The predicted octanol–water partition coefficient (Wildman–Crippen LogP) is 6.06. The summed E-state index contributed by atoms with van der Waals surface area (Å²) in [5.74, 6) is -0.265. The summed E-state index contributed by atoms with van der Waals surface area (Å²) in [6.45, 7) is 9.51. The number of hydrogen-bond donors (Lipinski definition) is 1. The molecule has 8 nitrogen and oxygen atoms in total. The van der Waals surface area contributed by atoms with Gasteiger partial charge in [-0.3, -0.25) is 13.9 Å². The van der Waals surface area contributed by atoms with Gasteiger partial charge in [-0.05, 0) is 87.7 Å². The van der Waals surface area contributed by atoms with Crippen LogP contribution in [-0.4, -0.2) is 50.4 Å². The highest BCUT2D eigenvalue weighted by molar-refractivity contribution is 7.92. The molecule has 4 aromatic carbocycles. The van der Waals surface area contributed by atoms with E-state index in [1.807, 2.05) is 89.2 Å². The number of nitrogens with one attached hydrogen (secondary N) is 1. The van der Waals surface area contributed by atoms with Crippen LogP contribution in [-0.2, 0) is 32.6 Å². The number of sulfonamides is 1. The maximum atomic E-state index is 14.6. The lowest BCUT2D eigenvalue weighted by molar-refractivity contribution is -0.140. The summed E-state index contributed by atoms with van der Waals surface area (Å²) < 4.78 is 35.1. The molecule has 0 spiro atoms. The Labute approximate surface area is 273 Å². The Hall–Kier alpha value is -4.63. The lowest BCUT2D eigenvalue weighted by atomic mass is 10.0. The van der Waals surface area contributed by atoms with Crippen molar-refractivity contribution in [2.24, 2.45) is 0 Å². The molecule has 0 aromatic heterocycles. The van der Waals surface area contributed by atoms with Crippen molar-refractivity contribution < 1.29 is 22.7 Å². The van der Waals surface area contributed by atoms with Gasteiger partial charge in [0.15, 0.2) is 0 Å². The maximum Gasteiger partial charge on any atom is 0.264 e. The van der Waals surface area contributed by atoms with Crippen molar-refractivity contribution in [2.75, 3.05) is 17.5 Å². The molecule has 0 unspecified atom stereocenters. The lowest BCUT2D eigenvalue weighted by Crippen LogP contribution is -2.54. The number of rotatable bonds is 14. The molecule has 0 bridgehead atoms. The third kappa shape index (κ3) is 8.75. The average Bonchev–Trinajstić information content (AvgIpc) is 3.03. The van der Waals surface area contributed by atoms with Crippen molar-refractivity contribution in [3.8, 4) is 5.75 Å². The van der Waals surface area contributed by atoms with E-state index in [-0.39, 0.29) is 29.8 Å². The minimum absolute atomic E-state index is 0.0215. The summed E-state index contributed by atoms with van der Waals surface area (Å²) in [6.07, 6.45) is 0.257. The van der Waals surface area contributed by atoms with Crippen LogP contribution < -0.4 is 14.4 Å². The fraction of sp³-hybridized carbons (Fsp3) is 0.297. The Kier molecular flexibility index (Phi) is 11.6. The first kappa shape index (κ1) is 34.2. The van der Waals surface area contributed by atoms with Crippen LogP contribution in [0, 0.1) is 13.8 Å². The molecule has 0 fully saturated rings. The van der Waals surface area contributed by atoms with Gasteiger partial charge in [-0.15, -0.1) is 0 Å². The van der Waals surface area contributed by atoms with Gasteiger partial charge in [0.1, 0.15) is 18.3 Å². The molecule has 0 saturated heterocycles. The number of aryl methyl sites for hydroxylation is 2. The number of hydrogen-bond acceptors (Lipinski definition) is 5. The highest BCUT2D eigenvalue weighted by atomic mass is 32.2. The highest BCUT2D eigenvalue weighted by Gasteiger charge is 2.35. The van der Waals surface area contributed by atoms with Crippen LogP contribution >= 0.6 is 0 Å². The molecule has 46 heavy (non-hydrogen) atoms. The second kappa shape index (κ2) is 15.6. The van der Waals surface area contributed by atoms with Crippen molar-refractivity contribution in [3.05, 3.63) is 125 Å². The van der Waals surface area contributed by atoms with Crippen molar-refractivity contribution >= 4 is 27.5 Å². The van der Waals surface area contributed by atoms with Crippen molar-refractivity contribution in [2.45, 2.75) is 64.6 Å². The van der Waals surface area contributed by atoms with Gasteiger partial charge in [-0.25, -0.2) is 8.42 Å². The SMILES string of the molecule is CCOc1ccc(S(=O)(=O)N(CC(=O)N(Cc2ccccc2C)[C@H](Cc2ccccc2)C(=O)NC(C)C)c2ccc(C)cc2)cc1. The number of benzene rings is 4. The van der Waals surface area contributed by atoms with E-state index in [0.717, 1.165) is 26.6 Å². The van der Waals surface area contributed by atoms with Gasteiger partial charge in [0, 0.05) is 19.0 Å². The predicted molar refractivity (Wildman–Crippen MR) is 182 cm³/mol. The fourth-order valence-corrected chi connectivity index (χ4v) is 6.56. The highest BCUT2D eigenvalue weighted by Crippen LogP contribution is 2.27. The molecule has 0 saturated carbocycles. The van der Waals surface area contributed by atoms with Crippen LogP contribution in [0.2, 0.25) is 0 Å². The Morgan fingerprint density at radius 1 is 0.826 bits per heavy atom. The summed E-state index contributed by atoms with van der Waals surface area (Å²) in [5, 5.41) is 2.99. The van der Waals surface area contributed by atoms with Crippen LogP contribution in [0.3, 0.4) is 0 Å². The van der Waals surface area contributed by atoms with E-state index < -0.39 is 28.5 Å². The molecule has 0 aliphatic heterocycles. The minimum Gasteiger partial charge on any atom is -0.494 e. The van der Waals surface area contributed by atoms with E-state index in [0.29, 0.717) is 18.0 Å². The summed E-state index contributed by atoms with van der Waals surface area (Å²) in [7, 11) is -4.20. The van der Waals surface area contributed by atoms with E-state index in [9.17, 15) is 18.0 Å². The largest absolute Gasteiger partial charge is 0.494 e. The molecular weight excluding hydrogens is 598 g/mol. The Bertz CT molecular complexity index is 1710. The fourth-order valence-electron chi connectivity index (χ4n) is 5.15. The first-order chi connectivity index (χ1) is 22.0. The van der Waals surface area contributed by atoms with E-state index in [1.165, 1.54) is 17.0 Å². The van der Waals surface area contributed by atoms with Crippen LogP contribution in [0.15, 0.2) is 108 Å². The second-order valence-electron chi connectivity index (χ2n) is 11.6. The monoisotopic (exact) mass is 641 g/mol. The first-order valence-corrected chi connectivity index (χ1v) is 16.9. The molecule has 4 rings (SSSR count). The Morgan fingerprint density at radius 2 is 1.46 bits per heavy atom. The van der Waals surface area contributed by atoms with Crippen LogP contribution in [0.5, 0.6) is 5.75 Å². The summed E-state index contributed by atoms with van der Waals surface area (Å²) in [5.41, 5.74) is 3.99. The molecule has 4 aromatic rings. The van der Waals surface area contributed by atoms with Gasteiger partial charge in [-0.1, -0.05) is 72.3 Å². The zero-order chi connectivity index (χ0) is 33.3. The minimum atomic E-state index is -4.20. The smallest absolute Gasteiger partial charge is 0.264 e. The van der Waals surface area contributed by atoms with E-state index in [2.05, 4.69) is 5.32 Å². The van der Waals surface area contributed by atoms with E-state index >= 15 is 0 Å². The Morgan fingerprint density at radius 3 is 2.07 bits per heavy atom. The van der Waals surface area contributed by atoms with E-state index in [1.54, 1.807) is 36.4 Å². The maximum absolute atomic E-state index is 14.6. The van der Waals surface area contributed by atoms with Crippen LogP contribution in [0.25, 0.3) is 0 Å². The Balaban J connectivity index is 1.80. The molecule has 0 heterocycles. The molecule has 0 aliphatic carbocycles. The molecule has 0 radical (unpaired) electrons. The summed E-state index contributed by atoms with van der Waals surface area (Å²) in [4.78, 5) is 29.9. The second-order valence-corrected chi connectivity index (χ2v) is 13.4. The van der Waals surface area contributed by atoms with Gasteiger partial charge in [0.25, 0.3) is 10.0 Å². The molecule has 2 amide bonds. The van der Waals surface area contributed by atoms with Gasteiger partial charge in [0.2, 0.25) is 11.8 Å². The third-order valence-corrected chi connectivity index (χ3v) is 9.42. The van der Waals surface area contributed by atoms with Crippen LogP contribution in [0.4, 0.5) is 5.69 Å². The van der Waals surface area contributed by atoms with Gasteiger partial charge in [0.05, 0.1) is 17.2 Å². The number of amides is 2. The first-order valence-electron chi connectivity index (χ1n) is 15.5. The standard InChI is InChI=1S/C37H43N3O5S/c1-6-45-33-20-22-34(23-21-33)46(43,44)40(32-18-16-28(4)17-19-32)26-36(41)39(25-31-15-11-10-12-29(31)5)35(37(42)38-27(2)3)24-30-13-8-7-9-14-30/h7-23,27,35H,6,24-26H2,1-5H3,(H,38,42)/t35-/m1/s1. The van der Waals surface area contributed by atoms with Crippen molar-refractivity contribution in [3.63, 3.8) is 0 Å². The third-order valence-electron chi connectivity index (χ3n) is 7.63. The van der Waals surface area contributed by atoms with E-state index in [4.69, 9.17) is 4.74 Å². The summed E-state index contributed by atoms with van der Waals surface area (Å²) >= 11 is 0. The normalized spacial score (nSPS) is 12.0. The van der Waals surface area contributed by atoms with Gasteiger partial charge >= 0.3 is 0 Å². The zero-order valence-electron chi connectivity index (χ0n) is 27.1. The molecule has 9 heteroatoms. The van der Waals surface area contributed by atoms with Crippen molar-refractivity contribution in [1.82, 2.24) is 10.2 Å². The van der Waals surface area contributed by atoms with Gasteiger partial charge in [-0.2, -0.15) is 0 Å². The number of anilines is 1. The molecule has 0 aliphatic rings. The zero-order valence-corrected chi connectivity index (χ0v) is 28.0.